The molecule has 1 aromatic rings. The zero-order valence-electron chi connectivity index (χ0n) is 9.41. The summed E-state index contributed by atoms with van der Waals surface area (Å²) < 4.78 is 37.3. The van der Waals surface area contributed by atoms with E-state index in [2.05, 4.69) is 10.3 Å². The van der Waals surface area contributed by atoms with E-state index in [9.17, 15) is 18.0 Å². The molecule has 100 valence electrons. The average Bonchev–Trinajstić information content (AvgIpc) is 2.81. The number of alkyl halides is 3. The summed E-state index contributed by atoms with van der Waals surface area (Å²) in [5, 5.41) is 4.73. The minimum absolute atomic E-state index is 0.0329. The first-order valence-electron chi connectivity index (χ1n) is 5.49. The van der Waals surface area contributed by atoms with Crippen molar-refractivity contribution < 1.29 is 18.0 Å². The number of amides is 2. The van der Waals surface area contributed by atoms with Gasteiger partial charge in [-0.05, 0) is 12.8 Å². The van der Waals surface area contributed by atoms with E-state index in [1.807, 2.05) is 0 Å². The minimum Gasteiger partial charge on any atom is -0.324 e. The van der Waals surface area contributed by atoms with Gasteiger partial charge in [0.1, 0.15) is 0 Å². The van der Waals surface area contributed by atoms with Crippen molar-refractivity contribution in [1.82, 2.24) is 9.88 Å². The first-order chi connectivity index (χ1) is 8.47. The molecule has 0 radical (unpaired) electrons. The molecule has 1 aromatic heterocycles. The number of halogens is 3. The van der Waals surface area contributed by atoms with E-state index in [-0.39, 0.29) is 32.0 Å². The fourth-order valence-corrected chi connectivity index (χ4v) is 2.38. The van der Waals surface area contributed by atoms with E-state index in [0.29, 0.717) is 5.13 Å². The van der Waals surface area contributed by atoms with Gasteiger partial charge in [-0.15, -0.1) is 11.3 Å². The molecule has 0 saturated carbocycles. The summed E-state index contributed by atoms with van der Waals surface area (Å²) in [6, 6.07) is -0.384. The van der Waals surface area contributed by atoms with Gasteiger partial charge in [0.2, 0.25) is 0 Å². The highest BCUT2D eigenvalue weighted by molar-refractivity contribution is 7.13. The summed E-state index contributed by atoms with van der Waals surface area (Å²) in [5.41, 5.74) is 0. The number of hydrogen-bond donors (Lipinski definition) is 1. The van der Waals surface area contributed by atoms with Gasteiger partial charge in [-0.3, -0.25) is 5.32 Å². The van der Waals surface area contributed by atoms with Crippen LogP contribution in [0.15, 0.2) is 11.6 Å². The van der Waals surface area contributed by atoms with Gasteiger partial charge in [0.05, 0.1) is 5.92 Å². The number of piperidine rings is 1. The normalized spacial score (nSPS) is 17.8. The molecule has 1 saturated heterocycles. The van der Waals surface area contributed by atoms with Crippen LogP contribution in [0.25, 0.3) is 0 Å². The Balaban J connectivity index is 1.84. The lowest BCUT2D eigenvalue weighted by atomic mass is 9.96. The third-order valence-electron chi connectivity index (χ3n) is 2.89. The maximum atomic E-state index is 12.4. The molecule has 0 unspecified atom stereocenters. The van der Waals surface area contributed by atoms with Crippen LogP contribution in [0.4, 0.5) is 23.1 Å². The molecule has 4 nitrogen and oxygen atoms in total. The van der Waals surface area contributed by atoms with Gasteiger partial charge < -0.3 is 4.90 Å². The first kappa shape index (κ1) is 13.1. The Bertz CT molecular complexity index is 399. The Morgan fingerprint density at radius 1 is 1.44 bits per heavy atom. The maximum absolute atomic E-state index is 12.4. The van der Waals surface area contributed by atoms with Gasteiger partial charge in [-0.1, -0.05) is 0 Å². The monoisotopic (exact) mass is 279 g/mol. The third-order valence-corrected chi connectivity index (χ3v) is 3.58. The highest BCUT2D eigenvalue weighted by atomic mass is 32.1. The lowest BCUT2D eigenvalue weighted by Gasteiger charge is -2.32. The quantitative estimate of drug-likeness (QED) is 0.859. The zero-order chi connectivity index (χ0) is 13.2. The molecule has 1 fully saturated rings. The molecule has 1 aliphatic rings. The van der Waals surface area contributed by atoms with Crippen molar-refractivity contribution in [2.24, 2.45) is 5.92 Å². The molecule has 0 aliphatic carbocycles. The van der Waals surface area contributed by atoms with E-state index in [1.54, 1.807) is 11.6 Å². The molecule has 0 bridgehead atoms. The smallest absolute Gasteiger partial charge is 0.324 e. The second-order valence-electron chi connectivity index (χ2n) is 4.07. The number of thiazole rings is 1. The number of carbonyl (C=O) groups excluding carboxylic acids is 1. The van der Waals surface area contributed by atoms with Gasteiger partial charge in [-0.25, -0.2) is 9.78 Å². The Labute approximate surface area is 106 Å². The van der Waals surface area contributed by atoms with Crippen LogP contribution < -0.4 is 5.32 Å². The third kappa shape index (κ3) is 3.12. The predicted molar refractivity (Wildman–Crippen MR) is 61.5 cm³/mol. The van der Waals surface area contributed by atoms with Crippen molar-refractivity contribution >= 4 is 22.5 Å². The van der Waals surface area contributed by atoms with Gasteiger partial charge in [0, 0.05) is 24.7 Å². The largest absolute Gasteiger partial charge is 0.391 e. The summed E-state index contributed by atoms with van der Waals surface area (Å²) in [5.74, 6) is -1.29. The zero-order valence-corrected chi connectivity index (χ0v) is 10.2. The Morgan fingerprint density at radius 3 is 2.61 bits per heavy atom. The van der Waals surface area contributed by atoms with Crippen molar-refractivity contribution in [3.8, 4) is 0 Å². The van der Waals surface area contributed by atoms with E-state index in [0.717, 1.165) is 0 Å². The molecule has 2 rings (SSSR count). The second-order valence-corrected chi connectivity index (χ2v) is 4.96. The predicted octanol–water partition coefficient (Wildman–Crippen LogP) is 2.95. The van der Waals surface area contributed by atoms with Crippen LogP contribution in [0.1, 0.15) is 12.8 Å². The Morgan fingerprint density at radius 2 is 2.11 bits per heavy atom. The number of likely N-dealkylation sites (tertiary alicyclic amines) is 1. The highest BCUT2D eigenvalue weighted by Gasteiger charge is 2.41. The Kier molecular flexibility index (Phi) is 3.74. The Hall–Kier alpha value is -1.31. The molecule has 0 aromatic carbocycles. The molecular formula is C10H12F3N3OS. The van der Waals surface area contributed by atoms with Crippen molar-refractivity contribution in [3.63, 3.8) is 0 Å². The van der Waals surface area contributed by atoms with Crippen molar-refractivity contribution in [3.05, 3.63) is 11.6 Å². The van der Waals surface area contributed by atoms with E-state index >= 15 is 0 Å². The number of nitrogens with one attached hydrogen (secondary N) is 1. The molecule has 2 heterocycles. The fourth-order valence-electron chi connectivity index (χ4n) is 1.87. The van der Waals surface area contributed by atoms with Crippen LogP contribution in [-0.2, 0) is 0 Å². The summed E-state index contributed by atoms with van der Waals surface area (Å²) in [6.07, 6.45) is -2.67. The topological polar surface area (TPSA) is 45.2 Å². The first-order valence-corrected chi connectivity index (χ1v) is 6.37. The standard InChI is InChI=1S/C10H12F3N3OS/c11-10(12,13)7-1-4-16(5-2-7)9(17)15-8-14-3-6-18-8/h3,6-7H,1-2,4-5H2,(H,14,15,17). The lowest BCUT2D eigenvalue weighted by Crippen LogP contribution is -2.43. The summed E-state index contributed by atoms with van der Waals surface area (Å²) in [7, 11) is 0. The number of anilines is 1. The molecule has 1 N–H and O–H groups in total. The van der Waals surface area contributed by atoms with E-state index < -0.39 is 12.1 Å². The molecular weight excluding hydrogens is 267 g/mol. The SMILES string of the molecule is O=C(Nc1nccs1)N1CCC(C(F)(F)F)CC1. The highest BCUT2D eigenvalue weighted by Crippen LogP contribution is 2.34. The number of rotatable bonds is 1. The molecule has 2 amide bonds. The van der Waals surface area contributed by atoms with Crippen molar-refractivity contribution in [2.75, 3.05) is 18.4 Å². The molecule has 0 atom stereocenters. The molecule has 18 heavy (non-hydrogen) atoms. The summed E-state index contributed by atoms with van der Waals surface area (Å²) in [6.45, 7) is 0.253. The summed E-state index contributed by atoms with van der Waals surface area (Å²) >= 11 is 1.27. The number of nitrogens with zero attached hydrogens (tertiary/aromatic N) is 2. The lowest BCUT2D eigenvalue weighted by molar-refractivity contribution is -0.183. The number of aromatic nitrogens is 1. The van der Waals surface area contributed by atoms with Crippen LogP contribution in [0, 0.1) is 5.92 Å². The number of urea groups is 1. The van der Waals surface area contributed by atoms with Crippen LogP contribution in [0.5, 0.6) is 0 Å². The molecule has 8 heteroatoms. The van der Waals surface area contributed by atoms with Gasteiger partial charge in [-0.2, -0.15) is 13.2 Å². The van der Waals surface area contributed by atoms with Gasteiger partial charge >= 0.3 is 12.2 Å². The molecule has 1 aliphatic heterocycles. The minimum atomic E-state index is -4.15. The van der Waals surface area contributed by atoms with Crippen LogP contribution in [0.2, 0.25) is 0 Å². The number of carbonyl (C=O) groups is 1. The number of hydrogen-bond acceptors (Lipinski definition) is 3. The molecule has 0 spiro atoms. The van der Waals surface area contributed by atoms with Gasteiger partial charge in [0.25, 0.3) is 0 Å². The van der Waals surface area contributed by atoms with Crippen LogP contribution in [0.3, 0.4) is 0 Å². The van der Waals surface area contributed by atoms with Gasteiger partial charge in [0.15, 0.2) is 5.13 Å². The maximum Gasteiger partial charge on any atom is 0.391 e. The fraction of sp³-hybridized carbons (Fsp3) is 0.600. The second kappa shape index (κ2) is 5.13. The van der Waals surface area contributed by atoms with Crippen LogP contribution in [-0.4, -0.2) is 35.2 Å². The van der Waals surface area contributed by atoms with E-state index in [4.69, 9.17) is 0 Å². The average molecular weight is 279 g/mol. The summed E-state index contributed by atoms with van der Waals surface area (Å²) in [4.78, 5) is 17.0. The van der Waals surface area contributed by atoms with Crippen molar-refractivity contribution in [1.29, 1.82) is 0 Å². The van der Waals surface area contributed by atoms with E-state index in [1.165, 1.54) is 16.2 Å². The van der Waals surface area contributed by atoms with Crippen LogP contribution >= 0.6 is 11.3 Å². The van der Waals surface area contributed by atoms with Crippen molar-refractivity contribution in [2.45, 2.75) is 19.0 Å².